The number of hydrogen-bond acceptors (Lipinski definition) is 3. The van der Waals surface area contributed by atoms with Gasteiger partial charge in [-0.1, -0.05) is 15.9 Å². The monoisotopic (exact) mass is 231 g/mol. The molecular formula is C8H10BrNO2. The molecule has 4 heteroatoms. The van der Waals surface area contributed by atoms with Gasteiger partial charge in [0.2, 0.25) is 5.88 Å². The van der Waals surface area contributed by atoms with E-state index in [1.807, 2.05) is 6.07 Å². The highest BCUT2D eigenvalue weighted by atomic mass is 79.9. The minimum absolute atomic E-state index is 0.496. The Hall–Kier alpha value is -0.610. The second kappa shape index (κ2) is 4.42. The van der Waals surface area contributed by atoms with Crippen molar-refractivity contribution in [2.75, 3.05) is 14.2 Å². The molecule has 0 saturated carbocycles. The average molecular weight is 232 g/mol. The molecule has 1 rings (SSSR count). The van der Waals surface area contributed by atoms with E-state index in [0.717, 1.165) is 10.2 Å². The van der Waals surface area contributed by atoms with E-state index in [0.29, 0.717) is 12.5 Å². The maximum atomic E-state index is 4.99. The highest BCUT2D eigenvalue weighted by Gasteiger charge is 1.99. The van der Waals surface area contributed by atoms with E-state index in [2.05, 4.69) is 20.9 Å². The third-order valence-corrected chi connectivity index (χ3v) is 1.78. The van der Waals surface area contributed by atoms with Crippen LogP contribution in [0, 0.1) is 0 Å². The topological polar surface area (TPSA) is 31.4 Å². The molecule has 66 valence electrons. The van der Waals surface area contributed by atoms with E-state index >= 15 is 0 Å². The van der Waals surface area contributed by atoms with Crippen molar-refractivity contribution in [3.8, 4) is 5.88 Å². The van der Waals surface area contributed by atoms with Crippen molar-refractivity contribution in [1.82, 2.24) is 4.98 Å². The van der Waals surface area contributed by atoms with Crippen molar-refractivity contribution in [1.29, 1.82) is 0 Å². The van der Waals surface area contributed by atoms with Gasteiger partial charge < -0.3 is 9.47 Å². The fourth-order valence-corrected chi connectivity index (χ4v) is 1.31. The molecule has 0 amide bonds. The summed E-state index contributed by atoms with van der Waals surface area (Å²) in [6.07, 6.45) is 0. The van der Waals surface area contributed by atoms with Crippen molar-refractivity contribution in [3.05, 3.63) is 22.3 Å². The summed E-state index contributed by atoms with van der Waals surface area (Å²) in [7, 11) is 3.22. The fraction of sp³-hybridized carbons (Fsp3) is 0.375. The van der Waals surface area contributed by atoms with Crippen LogP contribution in [-0.2, 0) is 11.3 Å². The van der Waals surface area contributed by atoms with Crippen molar-refractivity contribution >= 4 is 15.9 Å². The SMILES string of the molecule is COCc1cc(Br)cc(OC)n1. The molecule has 1 heterocycles. The van der Waals surface area contributed by atoms with Crippen molar-refractivity contribution in [3.63, 3.8) is 0 Å². The molecule has 1 aromatic rings. The van der Waals surface area contributed by atoms with E-state index in [1.165, 1.54) is 0 Å². The molecule has 0 atom stereocenters. The summed E-state index contributed by atoms with van der Waals surface area (Å²) >= 11 is 3.35. The largest absolute Gasteiger partial charge is 0.481 e. The van der Waals surface area contributed by atoms with E-state index < -0.39 is 0 Å². The molecule has 0 aliphatic carbocycles. The minimum Gasteiger partial charge on any atom is -0.481 e. The Bertz CT molecular complexity index is 265. The number of methoxy groups -OCH3 is 2. The summed E-state index contributed by atoms with van der Waals surface area (Å²) in [4.78, 5) is 4.16. The van der Waals surface area contributed by atoms with Gasteiger partial charge in [-0.25, -0.2) is 4.98 Å². The maximum absolute atomic E-state index is 4.99. The van der Waals surface area contributed by atoms with Crippen LogP contribution >= 0.6 is 15.9 Å². The number of nitrogens with zero attached hydrogens (tertiary/aromatic N) is 1. The summed E-state index contributed by atoms with van der Waals surface area (Å²) in [5, 5.41) is 0. The summed E-state index contributed by atoms with van der Waals surface area (Å²) in [6.45, 7) is 0.496. The standard InChI is InChI=1S/C8H10BrNO2/c1-11-5-7-3-6(9)4-8(10-7)12-2/h3-4H,5H2,1-2H3. The lowest BCUT2D eigenvalue weighted by Crippen LogP contribution is -1.95. The van der Waals surface area contributed by atoms with Gasteiger partial charge in [-0.3, -0.25) is 0 Å². The second-order valence-electron chi connectivity index (χ2n) is 2.25. The Balaban J connectivity index is 2.90. The van der Waals surface area contributed by atoms with Crippen LogP contribution in [-0.4, -0.2) is 19.2 Å². The minimum atomic E-state index is 0.496. The number of rotatable bonds is 3. The predicted molar refractivity (Wildman–Crippen MR) is 49.2 cm³/mol. The Morgan fingerprint density at radius 1 is 1.42 bits per heavy atom. The third-order valence-electron chi connectivity index (χ3n) is 1.32. The molecule has 12 heavy (non-hydrogen) atoms. The van der Waals surface area contributed by atoms with Crippen LogP contribution in [0.3, 0.4) is 0 Å². The Kier molecular flexibility index (Phi) is 3.49. The van der Waals surface area contributed by atoms with Crippen LogP contribution in [0.1, 0.15) is 5.69 Å². The van der Waals surface area contributed by atoms with Gasteiger partial charge in [-0.2, -0.15) is 0 Å². The van der Waals surface area contributed by atoms with Gasteiger partial charge in [0.15, 0.2) is 0 Å². The number of pyridine rings is 1. The number of halogens is 1. The Morgan fingerprint density at radius 3 is 2.75 bits per heavy atom. The molecule has 1 aromatic heterocycles. The van der Waals surface area contributed by atoms with Crippen molar-refractivity contribution < 1.29 is 9.47 Å². The number of aromatic nitrogens is 1. The molecular weight excluding hydrogens is 222 g/mol. The number of hydrogen-bond donors (Lipinski definition) is 0. The van der Waals surface area contributed by atoms with E-state index in [1.54, 1.807) is 20.3 Å². The third kappa shape index (κ3) is 2.46. The van der Waals surface area contributed by atoms with Gasteiger partial charge >= 0.3 is 0 Å². The summed E-state index contributed by atoms with van der Waals surface area (Å²) in [5.41, 5.74) is 0.851. The lowest BCUT2D eigenvalue weighted by atomic mass is 10.4. The summed E-state index contributed by atoms with van der Waals surface area (Å²) in [6, 6.07) is 3.70. The lowest BCUT2D eigenvalue weighted by molar-refractivity contribution is 0.180. The van der Waals surface area contributed by atoms with Crippen LogP contribution < -0.4 is 4.74 Å². The quantitative estimate of drug-likeness (QED) is 0.798. The first-order valence-corrected chi connectivity index (χ1v) is 4.25. The molecule has 0 aliphatic heterocycles. The zero-order valence-corrected chi connectivity index (χ0v) is 8.59. The van der Waals surface area contributed by atoms with E-state index in [-0.39, 0.29) is 0 Å². The zero-order chi connectivity index (χ0) is 8.97. The molecule has 0 unspecified atom stereocenters. The molecule has 3 nitrogen and oxygen atoms in total. The summed E-state index contributed by atoms with van der Waals surface area (Å²) < 4.78 is 10.9. The molecule has 0 aromatic carbocycles. The van der Waals surface area contributed by atoms with Crippen LogP contribution in [0.2, 0.25) is 0 Å². The first-order valence-electron chi connectivity index (χ1n) is 3.45. The maximum Gasteiger partial charge on any atom is 0.214 e. The smallest absolute Gasteiger partial charge is 0.214 e. The molecule has 0 fully saturated rings. The van der Waals surface area contributed by atoms with Gasteiger partial charge in [-0.05, 0) is 6.07 Å². The zero-order valence-electron chi connectivity index (χ0n) is 7.00. The van der Waals surface area contributed by atoms with Gasteiger partial charge in [0, 0.05) is 17.6 Å². The second-order valence-corrected chi connectivity index (χ2v) is 3.17. The van der Waals surface area contributed by atoms with E-state index in [9.17, 15) is 0 Å². The highest BCUT2D eigenvalue weighted by molar-refractivity contribution is 9.10. The van der Waals surface area contributed by atoms with Crippen LogP contribution in [0.25, 0.3) is 0 Å². The average Bonchev–Trinajstić information content (AvgIpc) is 2.04. The molecule has 0 saturated heterocycles. The van der Waals surface area contributed by atoms with Gasteiger partial charge in [0.05, 0.1) is 19.4 Å². The Labute approximate surface area is 79.8 Å². The molecule has 0 aliphatic rings. The fourth-order valence-electron chi connectivity index (χ4n) is 0.851. The molecule has 0 bridgehead atoms. The van der Waals surface area contributed by atoms with Gasteiger partial charge in [-0.15, -0.1) is 0 Å². The predicted octanol–water partition coefficient (Wildman–Crippen LogP) is 2.00. The number of ether oxygens (including phenoxy) is 2. The van der Waals surface area contributed by atoms with Crippen LogP contribution in [0.4, 0.5) is 0 Å². The normalized spacial score (nSPS) is 9.92. The van der Waals surface area contributed by atoms with Gasteiger partial charge in [0.25, 0.3) is 0 Å². The highest BCUT2D eigenvalue weighted by Crippen LogP contribution is 2.17. The van der Waals surface area contributed by atoms with E-state index in [4.69, 9.17) is 9.47 Å². The lowest BCUT2D eigenvalue weighted by Gasteiger charge is -2.03. The molecule has 0 spiro atoms. The van der Waals surface area contributed by atoms with Crippen LogP contribution in [0.15, 0.2) is 16.6 Å². The van der Waals surface area contributed by atoms with Gasteiger partial charge in [0.1, 0.15) is 0 Å². The Morgan fingerprint density at radius 2 is 2.17 bits per heavy atom. The van der Waals surface area contributed by atoms with Crippen LogP contribution in [0.5, 0.6) is 5.88 Å². The first kappa shape index (κ1) is 9.48. The summed E-state index contributed by atoms with van der Waals surface area (Å²) in [5.74, 6) is 0.594. The first-order chi connectivity index (χ1) is 5.76. The van der Waals surface area contributed by atoms with Crippen molar-refractivity contribution in [2.45, 2.75) is 6.61 Å². The van der Waals surface area contributed by atoms with Crippen molar-refractivity contribution in [2.24, 2.45) is 0 Å². The molecule has 0 N–H and O–H groups in total. The molecule has 0 radical (unpaired) electrons.